The maximum Gasteiger partial charge on any atom is 0.343 e. The summed E-state index contributed by atoms with van der Waals surface area (Å²) in [4.78, 5) is 25.7. The summed E-state index contributed by atoms with van der Waals surface area (Å²) in [7, 11) is 1.35. The highest BCUT2D eigenvalue weighted by Gasteiger charge is 2.50. The van der Waals surface area contributed by atoms with E-state index >= 15 is 0 Å². The van der Waals surface area contributed by atoms with Gasteiger partial charge in [0.2, 0.25) is 5.78 Å². The third-order valence-corrected chi connectivity index (χ3v) is 5.10. The smallest absolute Gasteiger partial charge is 0.343 e. The molecule has 1 aliphatic heterocycles. The molecule has 150 valence electrons. The van der Waals surface area contributed by atoms with Crippen LogP contribution in [-0.4, -0.2) is 47.4 Å². The van der Waals surface area contributed by atoms with Crippen molar-refractivity contribution in [2.45, 2.75) is 44.8 Å². The van der Waals surface area contributed by atoms with Crippen LogP contribution < -0.4 is 4.74 Å². The van der Waals surface area contributed by atoms with Crippen molar-refractivity contribution in [1.82, 2.24) is 0 Å². The first-order valence-electron chi connectivity index (χ1n) is 9.18. The summed E-state index contributed by atoms with van der Waals surface area (Å²) >= 11 is 0. The molecule has 1 heterocycles. The Balaban J connectivity index is 1.89. The number of Topliss-reactive ketones (excluding diaryl/α,β-unsaturated/α-hetero) is 1. The number of ketones is 1. The molecule has 3 rings (SSSR count). The fraction of sp³-hybridized carbons (Fsp3) is 0.429. The molecule has 1 aliphatic carbocycles. The monoisotopic (exact) mass is 388 g/mol. The molecule has 0 amide bonds. The number of benzene rings is 1. The number of carbonyl (C=O) groups is 2. The van der Waals surface area contributed by atoms with Crippen LogP contribution >= 0.6 is 0 Å². The minimum Gasteiger partial charge on any atom is -0.508 e. The van der Waals surface area contributed by atoms with Gasteiger partial charge < -0.3 is 24.4 Å². The number of aromatic hydroxyl groups is 1. The number of methoxy groups -OCH3 is 1. The first-order valence-corrected chi connectivity index (χ1v) is 9.18. The van der Waals surface area contributed by atoms with E-state index in [1.54, 1.807) is 6.08 Å². The van der Waals surface area contributed by atoms with E-state index in [0.717, 1.165) is 24.2 Å². The van der Waals surface area contributed by atoms with Gasteiger partial charge in [-0.3, -0.25) is 4.79 Å². The number of phenolic OH excluding ortho intramolecular Hbond substituents is 1. The zero-order valence-corrected chi connectivity index (χ0v) is 16.2. The Bertz CT molecular complexity index is 868. The van der Waals surface area contributed by atoms with Crippen LogP contribution in [0.15, 0.2) is 41.2 Å². The van der Waals surface area contributed by atoms with Crippen LogP contribution in [0.4, 0.5) is 0 Å². The van der Waals surface area contributed by atoms with Crippen molar-refractivity contribution in [2.75, 3.05) is 13.7 Å². The summed E-state index contributed by atoms with van der Waals surface area (Å²) in [5.41, 5.74) is -0.550. The molecule has 0 fully saturated rings. The molecule has 7 nitrogen and oxygen atoms in total. The average Bonchev–Trinajstić information content (AvgIpc) is 2.66. The zero-order valence-electron chi connectivity index (χ0n) is 16.2. The highest BCUT2D eigenvalue weighted by atomic mass is 16.6. The quantitative estimate of drug-likeness (QED) is 0.748. The summed E-state index contributed by atoms with van der Waals surface area (Å²) in [6, 6.07) is 3.93. The van der Waals surface area contributed by atoms with Crippen LogP contribution in [0.5, 0.6) is 11.5 Å². The standard InChI is InChI=1S/C21H24O7/c1-4-5-14-8-12-9-18(23)21(2,19(24)16(12)11-27-14)28-20(25)15-7-6-13(22)10-17(15)26-3/h6-8,10,18,22-23H,4-5,9,11H2,1-3H3/t18-,21-/m1/s1. The molecule has 0 unspecified atom stereocenters. The lowest BCUT2D eigenvalue weighted by Gasteiger charge is -2.39. The number of ether oxygens (including phenoxy) is 3. The normalized spacial score (nSPS) is 24.2. The molecule has 2 atom stereocenters. The molecule has 7 heteroatoms. The molecule has 2 aliphatic rings. The van der Waals surface area contributed by atoms with E-state index in [4.69, 9.17) is 14.2 Å². The van der Waals surface area contributed by atoms with E-state index in [1.807, 2.05) is 6.92 Å². The molecule has 0 saturated carbocycles. The highest BCUT2D eigenvalue weighted by Crippen LogP contribution is 2.38. The van der Waals surface area contributed by atoms with Crippen molar-refractivity contribution in [1.29, 1.82) is 0 Å². The van der Waals surface area contributed by atoms with E-state index in [0.29, 0.717) is 5.57 Å². The second-order valence-electron chi connectivity index (χ2n) is 7.08. The lowest BCUT2D eigenvalue weighted by atomic mass is 9.77. The van der Waals surface area contributed by atoms with Crippen molar-refractivity contribution in [2.24, 2.45) is 0 Å². The molecule has 0 bridgehead atoms. The van der Waals surface area contributed by atoms with Crippen LogP contribution in [0.2, 0.25) is 0 Å². The molecular formula is C21H24O7. The average molecular weight is 388 g/mol. The fourth-order valence-electron chi connectivity index (χ4n) is 3.43. The van der Waals surface area contributed by atoms with Crippen LogP contribution in [0.3, 0.4) is 0 Å². The molecule has 1 aromatic carbocycles. The van der Waals surface area contributed by atoms with Gasteiger partial charge >= 0.3 is 5.97 Å². The van der Waals surface area contributed by atoms with E-state index in [-0.39, 0.29) is 30.1 Å². The maximum atomic E-state index is 13.1. The Labute approximate surface area is 163 Å². The largest absolute Gasteiger partial charge is 0.508 e. The number of carbonyl (C=O) groups excluding carboxylic acids is 2. The molecule has 0 saturated heterocycles. The van der Waals surface area contributed by atoms with Gasteiger partial charge in [0, 0.05) is 24.5 Å². The first kappa shape index (κ1) is 19.9. The Hall–Kier alpha value is -2.80. The molecule has 0 spiro atoms. The second kappa shape index (κ2) is 7.67. The van der Waals surface area contributed by atoms with Crippen LogP contribution in [0, 0.1) is 0 Å². The summed E-state index contributed by atoms with van der Waals surface area (Å²) in [6.07, 6.45) is 2.47. The Morgan fingerprint density at radius 3 is 2.82 bits per heavy atom. The van der Waals surface area contributed by atoms with Crippen LogP contribution in [0.25, 0.3) is 0 Å². The Morgan fingerprint density at radius 1 is 1.39 bits per heavy atom. The van der Waals surface area contributed by atoms with Gasteiger partial charge in [-0.2, -0.15) is 0 Å². The van der Waals surface area contributed by atoms with Crippen LogP contribution in [-0.2, 0) is 14.3 Å². The minimum atomic E-state index is -1.74. The third kappa shape index (κ3) is 3.49. The topological polar surface area (TPSA) is 102 Å². The van der Waals surface area contributed by atoms with Gasteiger partial charge in [0.05, 0.1) is 12.9 Å². The number of hydrogen-bond acceptors (Lipinski definition) is 7. The van der Waals surface area contributed by atoms with Crippen LogP contribution in [0.1, 0.15) is 43.5 Å². The number of allylic oxidation sites excluding steroid dienone is 2. The minimum absolute atomic E-state index is 0.0475. The highest BCUT2D eigenvalue weighted by molar-refractivity contribution is 6.06. The third-order valence-electron chi connectivity index (χ3n) is 5.10. The summed E-state index contributed by atoms with van der Waals surface area (Å²) in [6.45, 7) is 3.53. The number of aliphatic hydroxyl groups is 1. The van der Waals surface area contributed by atoms with E-state index in [2.05, 4.69) is 0 Å². The van der Waals surface area contributed by atoms with Gasteiger partial charge in [-0.05, 0) is 37.1 Å². The lowest BCUT2D eigenvalue weighted by Crippen LogP contribution is -2.54. The lowest BCUT2D eigenvalue weighted by molar-refractivity contribution is -0.147. The van der Waals surface area contributed by atoms with E-state index in [1.165, 1.54) is 32.2 Å². The van der Waals surface area contributed by atoms with Crippen molar-refractivity contribution in [3.05, 3.63) is 46.7 Å². The number of esters is 1. The second-order valence-corrected chi connectivity index (χ2v) is 7.08. The molecule has 0 radical (unpaired) electrons. The summed E-state index contributed by atoms with van der Waals surface area (Å²) in [5, 5.41) is 20.2. The van der Waals surface area contributed by atoms with E-state index < -0.39 is 23.5 Å². The zero-order chi connectivity index (χ0) is 20.5. The van der Waals surface area contributed by atoms with Gasteiger partial charge in [0.1, 0.15) is 29.8 Å². The Morgan fingerprint density at radius 2 is 2.14 bits per heavy atom. The van der Waals surface area contributed by atoms with Crippen molar-refractivity contribution in [3.8, 4) is 11.5 Å². The van der Waals surface area contributed by atoms with Crippen molar-refractivity contribution >= 4 is 11.8 Å². The molecular weight excluding hydrogens is 364 g/mol. The summed E-state index contributed by atoms with van der Waals surface area (Å²) in [5.74, 6) is -0.471. The number of aliphatic hydroxyl groups excluding tert-OH is 1. The van der Waals surface area contributed by atoms with Gasteiger partial charge in [0.25, 0.3) is 0 Å². The molecule has 0 aromatic heterocycles. The van der Waals surface area contributed by atoms with Gasteiger partial charge in [-0.15, -0.1) is 0 Å². The molecule has 1 aromatic rings. The molecule has 2 N–H and O–H groups in total. The number of hydrogen-bond donors (Lipinski definition) is 2. The Kier molecular flexibility index (Phi) is 5.47. The predicted octanol–water partition coefficient (Wildman–Crippen LogP) is 2.66. The SMILES string of the molecule is CCCC1=CC2=C(CO1)C(=O)[C@](C)(OC(=O)c1ccc(O)cc1OC)[C@H](O)C2. The molecule has 28 heavy (non-hydrogen) atoms. The van der Waals surface area contributed by atoms with Gasteiger partial charge in [-0.25, -0.2) is 4.79 Å². The summed E-state index contributed by atoms with van der Waals surface area (Å²) < 4.78 is 16.2. The first-order chi connectivity index (χ1) is 13.3. The number of rotatable bonds is 5. The van der Waals surface area contributed by atoms with Gasteiger partial charge in [-0.1, -0.05) is 6.92 Å². The van der Waals surface area contributed by atoms with Crippen molar-refractivity contribution < 1.29 is 34.0 Å². The van der Waals surface area contributed by atoms with Gasteiger partial charge in [0.15, 0.2) is 5.60 Å². The predicted molar refractivity (Wildman–Crippen MR) is 100 cm³/mol. The maximum absolute atomic E-state index is 13.1. The number of phenols is 1. The van der Waals surface area contributed by atoms with E-state index in [9.17, 15) is 19.8 Å². The fourth-order valence-corrected chi connectivity index (χ4v) is 3.43. The van der Waals surface area contributed by atoms with Crippen molar-refractivity contribution in [3.63, 3.8) is 0 Å².